The highest BCUT2D eigenvalue weighted by molar-refractivity contribution is 7.71. The number of rotatable bonds is 5. The minimum atomic E-state index is 0.415. The summed E-state index contributed by atoms with van der Waals surface area (Å²) in [6.45, 7) is 2.03. The standard InChI is InChI=1S/C24H19N7S/c1-17-8-5-6-12-21(17)23-27-28-24(32)31(23)26-15-19-16-30(20-10-3-2-4-11-20)29-22(19)18-9-7-13-25-14-18/h2-16H,1H3,(H,28,32)/b26-15+. The fourth-order valence-electron chi connectivity index (χ4n) is 3.44. The zero-order valence-corrected chi connectivity index (χ0v) is 18.1. The van der Waals surface area contributed by atoms with Crippen molar-refractivity contribution in [1.82, 2.24) is 29.6 Å². The second-order valence-electron chi connectivity index (χ2n) is 7.18. The maximum absolute atomic E-state index is 5.44. The van der Waals surface area contributed by atoms with Crippen LogP contribution < -0.4 is 0 Å². The predicted molar refractivity (Wildman–Crippen MR) is 127 cm³/mol. The molecule has 8 heteroatoms. The van der Waals surface area contributed by atoms with Gasteiger partial charge in [0.05, 0.1) is 11.9 Å². The van der Waals surface area contributed by atoms with E-state index in [4.69, 9.17) is 17.3 Å². The van der Waals surface area contributed by atoms with Gasteiger partial charge in [0.15, 0.2) is 5.82 Å². The Morgan fingerprint density at radius 2 is 1.81 bits per heavy atom. The van der Waals surface area contributed by atoms with Crippen LogP contribution in [0.5, 0.6) is 0 Å². The Labute approximate surface area is 189 Å². The number of hydrogen-bond acceptors (Lipinski definition) is 5. The molecule has 32 heavy (non-hydrogen) atoms. The molecule has 0 unspecified atom stereocenters. The van der Waals surface area contributed by atoms with Crippen molar-refractivity contribution in [3.63, 3.8) is 0 Å². The lowest BCUT2D eigenvalue weighted by molar-refractivity contribution is 0.870. The summed E-state index contributed by atoms with van der Waals surface area (Å²) in [6, 6.07) is 21.8. The largest absolute Gasteiger partial charge is 0.264 e. The van der Waals surface area contributed by atoms with Gasteiger partial charge >= 0.3 is 0 Å². The van der Waals surface area contributed by atoms with Gasteiger partial charge in [-0.3, -0.25) is 4.98 Å². The van der Waals surface area contributed by atoms with Crippen LogP contribution in [0.15, 0.2) is 90.4 Å². The minimum absolute atomic E-state index is 0.415. The second-order valence-corrected chi connectivity index (χ2v) is 7.57. The molecular formula is C24H19N7S. The number of para-hydroxylation sites is 1. The first kappa shape index (κ1) is 19.8. The second kappa shape index (κ2) is 8.52. The third-order valence-electron chi connectivity index (χ3n) is 5.05. The monoisotopic (exact) mass is 437 g/mol. The van der Waals surface area contributed by atoms with E-state index in [2.05, 4.69) is 20.3 Å². The first-order valence-electron chi connectivity index (χ1n) is 10.0. The fraction of sp³-hybridized carbons (Fsp3) is 0.0417. The Bertz CT molecular complexity index is 1450. The molecule has 0 aliphatic rings. The van der Waals surface area contributed by atoms with Crippen molar-refractivity contribution in [3.05, 3.63) is 101 Å². The summed E-state index contributed by atoms with van der Waals surface area (Å²) in [6.07, 6.45) is 7.22. The van der Waals surface area contributed by atoms with Crippen LogP contribution in [0.4, 0.5) is 0 Å². The van der Waals surface area contributed by atoms with Gasteiger partial charge in [-0.15, -0.1) is 0 Å². The summed E-state index contributed by atoms with van der Waals surface area (Å²) in [4.78, 5) is 4.24. The summed E-state index contributed by atoms with van der Waals surface area (Å²) in [7, 11) is 0. The molecule has 156 valence electrons. The number of pyridine rings is 1. The molecule has 1 N–H and O–H groups in total. The summed E-state index contributed by atoms with van der Waals surface area (Å²) in [5.41, 5.74) is 5.52. The van der Waals surface area contributed by atoms with Gasteiger partial charge in [0.25, 0.3) is 0 Å². The van der Waals surface area contributed by atoms with Crippen LogP contribution >= 0.6 is 12.2 Å². The van der Waals surface area contributed by atoms with Gasteiger partial charge in [-0.25, -0.2) is 9.78 Å². The fourth-order valence-corrected chi connectivity index (χ4v) is 3.62. The molecule has 2 aromatic carbocycles. The van der Waals surface area contributed by atoms with E-state index in [0.717, 1.165) is 33.6 Å². The van der Waals surface area contributed by atoms with Gasteiger partial charge in [0, 0.05) is 35.3 Å². The number of nitrogens with zero attached hydrogens (tertiary/aromatic N) is 6. The van der Waals surface area contributed by atoms with E-state index in [-0.39, 0.29) is 0 Å². The summed E-state index contributed by atoms with van der Waals surface area (Å²) < 4.78 is 3.88. The number of nitrogens with one attached hydrogen (secondary N) is 1. The highest BCUT2D eigenvalue weighted by Crippen LogP contribution is 2.23. The van der Waals surface area contributed by atoms with E-state index >= 15 is 0 Å². The van der Waals surface area contributed by atoms with Gasteiger partial charge in [-0.2, -0.15) is 20.0 Å². The third-order valence-corrected chi connectivity index (χ3v) is 5.31. The number of benzene rings is 2. The first-order chi connectivity index (χ1) is 15.7. The van der Waals surface area contributed by atoms with Crippen LogP contribution in [0.2, 0.25) is 0 Å². The number of aryl methyl sites for hydroxylation is 1. The van der Waals surface area contributed by atoms with Crippen molar-refractivity contribution in [2.75, 3.05) is 0 Å². The Hall–Kier alpha value is -4.17. The maximum Gasteiger partial charge on any atom is 0.216 e. The molecule has 0 aliphatic carbocycles. The topological polar surface area (TPSA) is 76.7 Å². The average molecular weight is 438 g/mol. The lowest BCUT2D eigenvalue weighted by Crippen LogP contribution is -1.96. The summed E-state index contributed by atoms with van der Waals surface area (Å²) in [5, 5.41) is 16.7. The van der Waals surface area contributed by atoms with Crippen molar-refractivity contribution >= 4 is 18.4 Å². The Morgan fingerprint density at radius 1 is 1.00 bits per heavy atom. The molecule has 0 aliphatic heterocycles. The van der Waals surface area contributed by atoms with Crippen LogP contribution in [0.3, 0.4) is 0 Å². The van der Waals surface area contributed by atoms with Crippen LogP contribution in [0, 0.1) is 11.7 Å². The molecule has 0 fully saturated rings. The molecule has 7 nitrogen and oxygen atoms in total. The van der Waals surface area contributed by atoms with E-state index in [9.17, 15) is 0 Å². The first-order valence-corrected chi connectivity index (χ1v) is 10.4. The molecular weight excluding hydrogens is 418 g/mol. The summed E-state index contributed by atoms with van der Waals surface area (Å²) >= 11 is 5.44. The van der Waals surface area contributed by atoms with Gasteiger partial charge in [-0.1, -0.05) is 42.5 Å². The molecule has 0 saturated carbocycles. The van der Waals surface area contributed by atoms with Crippen LogP contribution in [0.1, 0.15) is 11.1 Å². The van der Waals surface area contributed by atoms with E-state index in [1.165, 1.54) is 0 Å². The predicted octanol–water partition coefficient (Wildman–Crippen LogP) is 5.05. The van der Waals surface area contributed by atoms with E-state index in [0.29, 0.717) is 10.6 Å². The van der Waals surface area contributed by atoms with Gasteiger partial charge < -0.3 is 0 Å². The van der Waals surface area contributed by atoms with E-state index < -0.39 is 0 Å². The molecule has 0 radical (unpaired) electrons. The van der Waals surface area contributed by atoms with E-state index in [1.54, 1.807) is 23.3 Å². The zero-order valence-electron chi connectivity index (χ0n) is 17.3. The van der Waals surface area contributed by atoms with Crippen molar-refractivity contribution in [2.24, 2.45) is 5.10 Å². The Kier molecular flexibility index (Phi) is 5.27. The molecule has 3 aromatic heterocycles. The maximum atomic E-state index is 5.44. The molecule has 0 bridgehead atoms. The normalized spacial score (nSPS) is 11.3. The Balaban J connectivity index is 1.61. The van der Waals surface area contributed by atoms with Gasteiger partial charge in [-0.05, 0) is 49.0 Å². The lowest BCUT2D eigenvalue weighted by Gasteiger charge is -2.04. The third kappa shape index (κ3) is 3.79. The quantitative estimate of drug-likeness (QED) is 0.308. The molecule has 5 rings (SSSR count). The van der Waals surface area contributed by atoms with Crippen LogP contribution in [-0.4, -0.2) is 35.9 Å². The van der Waals surface area contributed by atoms with Gasteiger partial charge in [0.1, 0.15) is 5.69 Å². The number of H-pyrrole nitrogens is 1. The zero-order chi connectivity index (χ0) is 21.9. The van der Waals surface area contributed by atoms with Crippen LogP contribution in [-0.2, 0) is 0 Å². The molecule has 0 amide bonds. The highest BCUT2D eigenvalue weighted by atomic mass is 32.1. The number of aromatic amines is 1. The Morgan fingerprint density at radius 3 is 2.59 bits per heavy atom. The SMILES string of the molecule is Cc1ccccc1-c1n[nH]c(=S)n1/N=C/c1cn(-c2ccccc2)nc1-c1cccnc1. The van der Waals surface area contributed by atoms with Crippen molar-refractivity contribution in [1.29, 1.82) is 0 Å². The number of aromatic nitrogens is 6. The average Bonchev–Trinajstić information content (AvgIpc) is 3.43. The van der Waals surface area contributed by atoms with Crippen molar-refractivity contribution in [2.45, 2.75) is 6.92 Å². The smallest absolute Gasteiger partial charge is 0.216 e. The highest BCUT2D eigenvalue weighted by Gasteiger charge is 2.13. The van der Waals surface area contributed by atoms with Crippen LogP contribution in [0.25, 0.3) is 28.3 Å². The minimum Gasteiger partial charge on any atom is -0.264 e. The molecule has 0 saturated heterocycles. The van der Waals surface area contributed by atoms with E-state index in [1.807, 2.05) is 84.5 Å². The summed E-state index contributed by atoms with van der Waals surface area (Å²) in [5.74, 6) is 0.655. The van der Waals surface area contributed by atoms with Gasteiger partial charge in [0.2, 0.25) is 4.77 Å². The molecule has 3 heterocycles. The van der Waals surface area contributed by atoms with Crippen molar-refractivity contribution in [3.8, 4) is 28.3 Å². The lowest BCUT2D eigenvalue weighted by atomic mass is 10.1. The molecule has 0 atom stereocenters. The van der Waals surface area contributed by atoms with Crippen molar-refractivity contribution < 1.29 is 0 Å². The molecule has 0 spiro atoms. The number of hydrogen-bond donors (Lipinski definition) is 1. The molecule has 5 aromatic rings.